The lowest BCUT2D eigenvalue weighted by molar-refractivity contribution is 0.215. The maximum absolute atomic E-state index is 3.72. The Kier molecular flexibility index (Phi) is 5.08. The molecule has 1 saturated carbocycles. The number of hydrogen-bond donors (Lipinski definition) is 1. The summed E-state index contributed by atoms with van der Waals surface area (Å²) in [7, 11) is 0. The van der Waals surface area contributed by atoms with Gasteiger partial charge in [-0.15, -0.1) is 11.3 Å². The zero-order chi connectivity index (χ0) is 13.9. The molecule has 108 valence electrons. The fraction of sp³-hybridized carbons (Fsp3) is 0.765. The van der Waals surface area contributed by atoms with E-state index in [0.29, 0.717) is 0 Å². The number of rotatable bonds is 4. The van der Waals surface area contributed by atoms with Crippen LogP contribution in [0.2, 0.25) is 0 Å². The van der Waals surface area contributed by atoms with Crippen molar-refractivity contribution >= 4 is 11.3 Å². The monoisotopic (exact) mass is 279 g/mol. The summed E-state index contributed by atoms with van der Waals surface area (Å²) >= 11 is 1.95. The van der Waals surface area contributed by atoms with Gasteiger partial charge in [0.05, 0.1) is 0 Å². The maximum atomic E-state index is 3.72. The highest BCUT2D eigenvalue weighted by Crippen LogP contribution is 2.43. The summed E-state index contributed by atoms with van der Waals surface area (Å²) in [6.45, 7) is 10.3. The summed E-state index contributed by atoms with van der Waals surface area (Å²) in [5.41, 5.74) is 0.238. The first kappa shape index (κ1) is 15.1. The average Bonchev–Trinajstić information content (AvgIpc) is 2.89. The lowest BCUT2D eigenvalue weighted by Crippen LogP contribution is -2.41. The van der Waals surface area contributed by atoms with Gasteiger partial charge in [-0.2, -0.15) is 0 Å². The van der Waals surface area contributed by atoms with Crippen LogP contribution in [-0.2, 0) is 0 Å². The zero-order valence-corrected chi connectivity index (χ0v) is 13.7. The van der Waals surface area contributed by atoms with Crippen LogP contribution in [0.15, 0.2) is 17.5 Å². The first-order chi connectivity index (χ1) is 8.99. The lowest BCUT2D eigenvalue weighted by atomic mass is 9.72. The van der Waals surface area contributed by atoms with Gasteiger partial charge in [0, 0.05) is 10.4 Å². The van der Waals surface area contributed by atoms with Gasteiger partial charge in [-0.3, -0.25) is 0 Å². The first-order valence-electron chi connectivity index (χ1n) is 7.78. The van der Waals surface area contributed by atoms with Crippen molar-refractivity contribution in [2.24, 2.45) is 11.8 Å². The summed E-state index contributed by atoms with van der Waals surface area (Å²) in [6.07, 6.45) is 5.56. The van der Waals surface area contributed by atoms with Crippen molar-refractivity contribution in [3.05, 3.63) is 22.4 Å². The predicted molar refractivity (Wildman–Crippen MR) is 85.9 cm³/mol. The van der Waals surface area contributed by atoms with E-state index in [2.05, 4.69) is 50.5 Å². The Balaban J connectivity index is 2.03. The van der Waals surface area contributed by atoms with Gasteiger partial charge in [-0.1, -0.05) is 25.8 Å². The van der Waals surface area contributed by atoms with Crippen LogP contribution in [0.25, 0.3) is 0 Å². The first-order valence-corrected chi connectivity index (χ1v) is 8.66. The third-order valence-corrected chi connectivity index (χ3v) is 5.49. The van der Waals surface area contributed by atoms with Crippen molar-refractivity contribution in [2.75, 3.05) is 6.54 Å². The van der Waals surface area contributed by atoms with Crippen molar-refractivity contribution in [1.82, 2.24) is 5.32 Å². The van der Waals surface area contributed by atoms with Gasteiger partial charge in [-0.05, 0) is 69.4 Å². The van der Waals surface area contributed by atoms with Gasteiger partial charge >= 0.3 is 0 Å². The Bertz CT molecular complexity index is 363. The third kappa shape index (κ3) is 4.32. The molecule has 1 fully saturated rings. The smallest absolute Gasteiger partial charge is 0.00966 e. The molecule has 0 saturated heterocycles. The topological polar surface area (TPSA) is 12.0 Å². The second-order valence-electron chi connectivity index (χ2n) is 7.10. The molecule has 0 aromatic carbocycles. The van der Waals surface area contributed by atoms with Crippen molar-refractivity contribution in [1.29, 1.82) is 0 Å². The second-order valence-corrected chi connectivity index (χ2v) is 8.08. The van der Waals surface area contributed by atoms with Crippen molar-refractivity contribution in [3.63, 3.8) is 0 Å². The molecule has 1 nitrogen and oxygen atoms in total. The molecular weight excluding hydrogens is 250 g/mol. The molecular formula is C17H29NS. The number of thiophene rings is 1. The van der Waals surface area contributed by atoms with E-state index in [0.717, 1.165) is 17.8 Å². The van der Waals surface area contributed by atoms with Crippen LogP contribution in [0.5, 0.6) is 0 Å². The molecule has 1 heterocycles. The average molecular weight is 279 g/mol. The van der Waals surface area contributed by atoms with Crippen LogP contribution in [0, 0.1) is 11.8 Å². The Morgan fingerprint density at radius 3 is 2.68 bits per heavy atom. The number of hydrogen-bond acceptors (Lipinski definition) is 2. The summed E-state index contributed by atoms with van der Waals surface area (Å²) in [5.74, 6) is 2.55. The third-order valence-electron chi connectivity index (χ3n) is 4.48. The standard InChI is InChI=1S/C17H29NS/c1-5-13-8-9-14(12-18-17(2,3)4)15(11-13)16-7-6-10-19-16/h6-7,10,13-15,18H,5,8-9,11-12H2,1-4H3. The molecule has 3 unspecified atom stereocenters. The molecule has 2 rings (SSSR count). The van der Waals surface area contributed by atoms with Crippen molar-refractivity contribution in [3.8, 4) is 0 Å². The fourth-order valence-electron chi connectivity index (χ4n) is 3.22. The van der Waals surface area contributed by atoms with E-state index >= 15 is 0 Å². The van der Waals surface area contributed by atoms with E-state index in [1.165, 1.54) is 32.2 Å². The van der Waals surface area contributed by atoms with Gasteiger partial charge in [-0.25, -0.2) is 0 Å². The Morgan fingerprint density at radius 2 is 2.11 bits per heavy atom. The Labute approximate surface area is 122 Å². The van der Waals surface area contributed by atoms with Gasteiger partial charge in [0.1, 0.15) is 0 Å². The molecule has 19 heavy (non-hydrogen) atoms. The van der Waals surface area contributed by atoms with E-state index in [4.69, 9.17) is 0 Å². The van der Waals surface area contributed by atoms with Crippen molar-refractivity contribution in [2.45, 2.75) is 64.8 Å². The SMILES string of the molecule is CCC1CCC(CNC(C)(C)C)C(c2cccs2)C1. The van der Waals surface area contributed by atoms with E-state index in [-0.39, 0.29) is 5.54 Å². The molecule has 0 amide bonds. The van der Waals surface area contributed by atoms with Crippen LogP contribution in [-0.4, -0.2) is 12.1 Å². The van der Waals surface area contributed by atoms with Crippen LogP contribution in [0.1, 0.15) is 64.2 Å². The molecule has 3 atom stereocenters. The molecule has 0 aliphatic heterocycles. The molecule has 1 aromatic rings. The summed E-state index contributed by atoms with van der Waals surface area (Å²) in [6, 6.07) is 4.56. The molecule has 2 heteroatoms. The predicted octanol–water partition coefficient (Wildman–Crippen LogP) is 5.05. The maximum Gasteiger partial charge on any atom is 0.00966 e. The summed E-state index contributed by atoms with van der Waals surface area (Å²) < 4.78 is 0. The van der Waals surface area contributed by atoms with Crippen molar-refractivity contribution < 1.29 is 0 Å². The van der Waals surface area contributed by atoms with Gasteiger partial charge in [0.15, 0.2) is 0 Å². The number of nitrogens with one attached hydrogen (secondary N) is 1. The van der Waals surface area contributed by atoms with Crippen LogP contribution < -0.4 is 5.32 Å². The summed E-state index contributed by atoms with van der Waals surface area (Å²) in [4.78, 5) is 1.61. The van der Waals surface area contributed by atoms with Gasteiger partial charge in [0.2, 0.25) is 0 Å². The Morgan fingerprint density at radius 1 is 1.32 bits per heavy atom. The normalized spacial score (nSPS) is 28.5. The second kappa shape index (κ2) is 6.41. The van der Waals surface area contributed by atoms with Crippen LogP contribution >= 0.6 is 11.3 Å². The molecule has 1 N–H and O–H groups in total. The Hall–Kier alpha value is -0.340. The minimum Gasteiger partial charge on any atom is -0.312 e. The van der Waals surface area contributed by atoms with E-state index < -0.39 is 0 Å². The molecule has 0 bridgehead atoms. The zero-order valence-electron chi connectivity index (χ0n) is 12.9. The highest BCUT2D eigenvalue weighted by Gasteiger charge is 2.31. The molecule has 1 aliphatic carbocycles. The molecule has 0 spiro atoms. The fourth-order valence-corrected chi connectivity index (χ4v) is 4.16. The van der Waals surface area contributed by atoms with E-state index in [9.17, 15) is 0 Å². The van der Waals surface area contributed by atoms with Gasteiger partial charge in [0.25, 0.3) is 0 Å². The molecule has 1 aliphatic rings. The molecule has 1 aromatic heterocycles. The van der Waals surface area contributed by atoms with Crippen LogP contribution in [0.3, 0.4) is 0 Å². The minimum atomic E-state index is 0.238. The van der Waals surface area contributed by atoms with E-state index in [1.807, 2.05) is 11.3 Å². The largest absolute Gasteiger partial charge is 0.312 e. The summed E-state index contributed by atoms with van der Waals surface area (Å²) in [5, 5.41) is 5.96. The lowest BCUT2D eigenvalue weighted by Gasteiger charge is -2.37. The van der Waals surface area contributed by atoms with Crippen LogP contribution in [0.4, 0.5) is 0 Å². The van der Waals surface area contributed by atoms with E-state index in [1.54, 1.807) is 4.88 Å². The quantitative estimate of drug-likeness (QED) is 0.813. The minimum absolute atomic E-state index is 0.238. The molecule has 0 radical (unpaired) electrons. The van der Waals surface area contributed by atoms with Gasteiger partial charge < -0.3 is 5.32 Å². The highest BCUT2D eigenvalue weighted by molar-refractivity contribution is 7.10. The highest BCUT2D eigenvalue weighted by atomic mass is 32.1.